The van der Waals surface area contributed by atoms with Crippen molar-refractivity contribution in [1.82, 2.24) is 4.98 Å². The second-order valence-corrected chi connectivity index (χ2v) is 6.60. The van der Waals surface area contributed by atoms with Gasteiger partial charge in [0.15, 0.2) is 0 Å². The Kier molecular flexibility index (Phi) is 3.65. The molecule has 1 aromatic carbocycles. The molecule has 0 aliphatic heterocycles. The van der Waals surface area contributed by atoms with Crippen molar-refractivity contribution in [3.63, 3.8) is 0 Å². The molecular weight excluding hydrogens is 350 g/mol. The van der Waals surface area contributed by atoms with E-state index in [1.807, 2.05) is 31.2 Å². The Morgan fingerprint density at radius 1 is 1.38 bits per heavy atom. The summed E-state index contributed by atoms with van der Waals surface area (Å²) in [6.07, 6.45) is 3.32. The molecule has 21 heavy (non-hydrogen) atoms. The first-order chi connectivity index (χ1) is 10.1. The first kappa shape index (κ1) is 14.0. The number of fused-ring (bicyclic) bond motifs is 1. The fraction of sp³-hybridized carbons (Fsp3) is 0.0667. The van der Waals surface area contributed by atoms with Crippen molar-refractivity contribution < 1.29 is 4.79 Å². The molecule has 0 spiro atoms. The van der Waals surface area contributed by atoms with E-state index in [9.17, 15) is 4.79 Å². The van der Waals surface area contributed by atoms with Gasteiger partial charge in [0, 0.05) is 20.8 Å². The molecule has 0 aliphatic rings. The van der Waals surface area contributed by atoms with Crippen LogP contribution >= 0.6 is 27.3 Å². The first-order valence-corrected chi connectivity index (χ1v) is 7.86. The summed E-state index contributed by atoms with van der Waals surface area (Å²) >= 11 is 4.81. The summed E-state index contributed by atoms with van der Waals surface area (Å²) in [6.45, 7) is 1.92. The minimum absolute atomic E-state index is 0.207. The minimum atomic E-state index is -0.207. The minimum Gasteiger partial charge on any atom is -0.397 e. The van der Waals surface area contributed by atoms with Gasteiger partial charge in [0.25, 0.3) is 5.91 Å². The lowest BCUT2D eigenvalue weighted by molar-refractivity contribution is 0.103. The Bertz CT molecular complexity index is 844. The van der Waals surface area contributed by atoms with Crippen molar-refractivity contribution in [2.24, 2.45) is 0 Å². The van der Waals surface area contributed by atoms with Gasteiger partial charge in [0.05, 0.1) is 17.6 Å². The number of hydrogen-bond donors (Lipinski definition) is 2. The zero-order valence-corrected chi connectivity index (χ0v) is 13.6. The number of anilines is 2. The summed E-state index contributed by atoms with van der Waals surface area (Å²) in [5, 5.41) is 3.76. The number of nitrogens with one attached hydrogen (secondary N) is 1. The number of nitrogen functional groups attached to an aromatic ring is 1. The van der Waals surface area contributed by atoms with E-state index in [0.717, 1.165) is 20.1 Å². The highest BCUT2D eigenvalue weighted by molar-refractivity contribution is 9.10. The van der Waals surface area contributed by atoms with Crippen molar-refractivity contribution in [2.45, 2.75) is 6.92 Å². The Morgan fingerprint density at radius 2 is 2.19 bits per heavy atom. The molecule has 0 aliphatic carbocycles. The topological polar surface area (TPSA) is 68.0 Å². The molecule has 0 fully saturated rings. The van der Waals surface area contributed by atoms with E-state index in [0.29, 0.717) is 16.3 Å². The van der Waals surface area contributed by atoms with E-state index in [1.54, 1.807) is 12.4 Å². The maximum atomic E-state index is 12.4. The number of halogens is 1. The van der Waals surface area contributed by atoms with Crippen LogP contribution in [0.15, 0.2) is 41.1 Å². The molecule has 0 radical (unpaired) electrons. The van der Waals surface area contributed by atoms with Crippen LogP contribution in [0.25, 0.3) is 10.1 Å². The van der Waals surface area contributed by atoms with Crippen LogP contribution in [-0.2, 0) is 0 Å². The maximum absolute atomic E-state index is 12.4. The lowest BCUT2D eigenvalue weighted by Crippen LogP contribution is -2.13. The van der Waals surface area contributed by atoms with E-state index in [1.165, 1.54) is 11.3 Å². The van der Waals surface area contributed by atoms with E-state index >= 15 is 0 Å². The van der Waals surface area contributed by atoms with Gasteiger partial charge in [0.2, 0.25) is 0 Å². The number of nitrogens with zero attached hydrogens (tertiary/aromatic N) is 1. The Hall–Kier alpha value is -1.92. The molecule has 0 saturated carbocycles. The van der Waals surface area contributed by atoms with Gasteiger partial charge >= 0.3 is 0 Å². The fourth-order valence-corrected chi connectivity index (χ4v) is 3.60. The summed E-state index contributed by atoms with van der Waals surface area (Å²) in [7, 11) is 0. The smallest absolute Gasteiger partial charge is 0.267 e. The summed E-state index contributed by atoms with van der Waals surface area (Å²) in [6, 6.07) is 7.64. The van der Waals surface area contributed by atoms with Gasteiger partial charge in [0.1, 0.15) is 4.88 Å². The van der Waals surface area contributed by atoms with Gasteiger partial charge in [-0.3, -0.25) is 9.78 Å². The number of hydrogen-bond acceptors (Lipinski definition) is 4. The quantitative estimate of drug-likeness (QED) is 0.718. The molecule has 3 aromatic rings. The van der Waals surface area contributed by atoms with Gasteiger partial charge in [-0.2, -0.15) is 0 Å². The number of aryl methyl sites for hydroxylation is 1. The second-order valence-electron chi connectivity index (χ2n) is 4.63. The second kappa shape index (κ2) is 5.46. The van der Waals surface area contributed by atoms with Crippen LogP contribution in [0.3, 0.4) is 0 Å². The molecule has 0 bridgehead atoms. The van der Waals surface area contributed by atoms with E-state index < -0.39 is 0 Å². The van der Waals surface area contributed by atoms with Crippen molar-refractivity contribution in [1.29, 1.82) is 0 Å². The SMILES string of the molecule is Cc1ccncc1NC(=O)c1sc2cc(Br)ccc2c1N. The first-order valence-electron chi connectivity index (χ1n) is 6.26. The summed E-state index contributed by atoms with van der Waals surface area (Å²) < 4.78 is 1.95. The molecule has 4 nitrogen and oxygen atoms in total. The Morgan fingerprint density at radius 3 is 2.95 bits per heavy atom. The third-order valence-electron chi connectivity index (χ3n) is 3.18. The fourth-order valence-electron chi connectivity index (χ4n) is 2.03. The number of aromatic nitrogens is 1. The average Bonchev–Trinajstić information content (AvgIpc) is 2.78. The van der Waals surface area contributed by atoms with E-state index in [-0.39, 0.29) is 5.91 Å². The van der Waals surface area contributed by atoms with Gasteiger partial charge in [-0.25, -0.2) is 0 Å². The van der Waals surface area contributed by atoms with Crippen molar-refractivity contribution >= 4 is 54.6 Å². The highest BCUT2D eigenvalue weighted by Gasteiger charge is 2.17. The zero-order valence-electron chi connectivity index (χ0n) is 11.2. The lowest BCUT2D eigenvalue weighted by atomic mass is 10.2. The number of carbonyl (C=O) groups is 1. The molecule has 0 unspecified atom stereocenters. The van der Waals surface area contributed by atoms with Crippen molar-refractivity contribution in [3.05, 3.63) is 51.6 Å². The summed E-state index contributed by atoms with van der Waals surface area (Å²) in [4.78, 5) is 17.0. The van der Waals surface area contributed by atoms with Gasteiger partial charge < -0.3 is 11.1 Å². The largest absolute Gasteiger partial charge is 0.397 e. The van der Waals surface area contributed by atoms with Crippen LogP contribution in [0.2, 0.25) is 0 Å². The van der Waals surface area contributed by atoms with Gasteiger partial charge in [-0.15, -0.1) is 11.3 Å². The Balaban J connectivity index is 1.98. The maximum Gasteiger partial charge on any atom is 0.267 e. The molecule has 2 heterocycles. The molecule has 106 valence electrons. The summed E-state index contributed by atoms with van der Waals surface area (Å²) in [5.41, 5.74) is 8.27. The molecule has 2 aromatic heterocycles. The molecule has 1 amide bonds. The normalized spacial score (nSPS) is 10.8. The predicted octanol–water partition coefficient (Wildman–Crippen LogP) is 4.20. The van der Waals surface area contributed by atoms with Crippen molar-refractivity contribution in [3.8, 4) is 0 Å². The van der Waals surface area contributed by atoms with E-state index in [2.05, 4.69) is 26.2 Å². The molecule has 0 atom stereocenters. The molecule has 0 saturated heterocycles. The number of carbonyl (C=O) groups excluding carboxylic acids is 1. The van der Waals surface area contributed by atoms with Crippen LogP contribution in [0, 0.1) is 6.92 Å². The number of thiophene rings is 1. The predicted molar refractivity (Wildman–Crippen MR) is 90.9 cm³/mol. The molecule has 6 heteroatoms. The van der Waals surface area contributed by atoms with Crippen LogP contribution in [0.5, 0.6) is 0 Å². The highest BCUT2D eigenvalue weighted by Crippen LogP contribution is 2.35. The van der Waals surface area contributed by atoms with Gasteiger partial charge in [-0.05, 0) is 30.7 Å². The third kappa shape index (κ3) is 2.64. The van der Waals surface area contributed by atoms with Crippen LogP contribution in [0.4, 0.5) is 11.4 Å². The summed E-state index contributed by atoms with van der Waals surface area (Å²) in [5.74, 6) is -0.207. The number of rotatable bonds is 2. The van der Waals surface area contributed by atoms with Gasteiger partial charge in [-0.1, -0.05) is 22.0 Å². The number of nitrogens with two attached hydrogens (primary N) is 1. The number of amides is 1. The zero-order chi connectivity index (χ0) is 15.0. The monoisotopic (exact) mass is 361 g/mol. The van der Waals surface area contributed by atoms with E-state index in [4.69, 9.17) is 5.73 Å². The third-order valence-corrected chi connectivity index (χ3v) is 4.84. The van der Waals surface area contributed by atoms with Crippen LogP contribution < -0.4 is 11.1 Å². The lowest BCUT2D eigenvalue weighted by Gasteiger charge is -2.06. The molecular formula is C15H12BrN3OS. The van der Waals surface area contributed by atoms with Crippen LogP contribution in [0.1, 0.15) is 15.2 Å². The molecule has 3 rings (SSSR count). The van der Waals surface area contributed by atoms with Crippen molar-refractivity contribution in [2.75, 3.05) is 11.1 Å². The highest BCUT2D eigenvalue weighted by atomic mass is 79.9. The number of benzene rings is 1. The average molecular weight is 362 g/mol. The standard InChI is InChI=1S/C15H12BrN3OS/c1-8-4-5-18-7-11(8)19-15(20)14-13(17)10-3-2-9(16)6-12(10)21-14/h2-7H,17H2,1H3,(H,19,20). The number of pyridine rings is 1. The molecule has 3 N–H and O–H groups in total. The Labute approximate surface area is 134 Å². The van der Waals surface area contributed by atoms with Crippen LogP contribution in [-0.4, -0.2) is 10.9 Å².